The average molecular weight is 433 g/mol. The van der Waals surface area contributed by atoms with Crippen molar-refractivity contribution in [2.45, 2.75) is 13.3 Å². The van der Waals surface area contributed by atoms with Gasteiger partial charge >= 0.3 is 0 Å². The summed E-state index contributed by atoms with van der Waals surface area (Å²) in [4.78, 5) is 2.59. The summed E-state index contributed by atoms with van der Waals surface area (Å²) in [5.74, 6) is 0. The van der Waals surface area contributed by atoms with Crippen molar-refractivity contribution in [2.24, 2.45) is 7.05 Å². The third-order valence-electron chi connectivity index (χ3n) is 6.52. The number of thiophene rings is 1. The molecule has 6 rings (SSSR count). The van der Waals surface area contributed by atoms with Gasteiger partial charge in [-0.05, 0) is 89.2 Å². The number of hydrogen-bond acceptors (Lipinski definition) is 2. The number of benzene rings is 3. The summed E-state index contributed by atoms with van der Waals surface area (Å²) in [6, 6.07) is 30.7. The van der Waals surface area contributed by atoms with Gasteiger partial charge in [0.1, 0.15) is 0 Å². The number of nitrogens with zero attached hydrogens (tertiary/aromatic N) is 1. The first kappa shape index (κ1) is 19.1. The van der Waals surface area contributed by atoms with Crippen LogP contribution in [0.2, 0.25) is 0 Å². The fourth-order valence-electron chi connectivity index (χ4n) is 4.72. The van der Waals surface area contributed by atoms with Crippen LogP contribution in [0.3, 0.4) is 0 Å². The normalized spacial score (nSPS) is 11.9. The van der Waals surface area contributed by atoms with Crippen molar-refractivity contribution < 1.29 is 0 Å². The van der Waals surface area contributed by atoms with Gasteiger partial charge in [-0.3, -0.25) is 0 Å². The van der Waals surface area contributed by atoms with E-state index in [2.05, 4.69) is 115 Å². The lowest BCUT2D eigenvalue weighted by Crippen LogP contribution is -1.96. The highest BCUT2D eigenvalue weighted by atomic mass is 32.1. The Labute approximate surface area is 192 Å². The summed E-state index contributed by atoms with van der Waals surface area (Å²) in [6.45, 7) is 2.23. The van der Waals surface area contributed by atoms with Gasteiger partial charge in [0.25, 0.3) is 0 Å². The Morgan fingerprint density at radius 1 is 0.781 bits per heavy atom. The average Bonchev–Trinajstić information content (AvgIpc) is 3.54. The molecule has 1 aliphatic rings. The third kappa shape index (κ3) is 3.17. The summed E-state index contributed by atoms with van der Waals surface area (Å²) >= 11 is 1.84. The Morgan fingerprint density at radius 2 is 1.59 bits per heavy atom. The van der Waals surface area contributed by atoms with Gasteiger partial charge in [-0.25, -0.2) is 0 Å². The molecule has 0 bridgehead atoms. The van der Waals surface area contributed by atoms with Crippen molar-refractivity contribution in [1.29, 1.82) is 0 Å². The molecule has 0 fully saturated rings. The topological polar surface area (TPSA) is 17.0 Å². The molecule has 0 amide bonds. The van der Waals surface area contributed by atoms with Crippen LogP contribution in [0.1, 0.15) is 16.7 Å². The van der Waals surface area contributed by atoms with Crippen molar-refractivity contribution in [3.63, 3.8) is 0 Å². The van der Waals surface area contributed by atoms with E-state index in [1.165, 1.54) is 54.5 Å². The molecule has 0 saturated heterocycles. The van der Waals surface area contributed by atoms with Gasteiger partial charge in [0.05, 0.1) is 10.6 Å². The molecule has 5 aromatic rings. The molecule has 0 radical (unpaired) electrons. The van der Waals surface area contributed by atoms with E-state index in [1.807, 2.05) is 11.3 Å². The molecule has 0 aliphatic heterocycles. The Kier molecular flexibility index (Phi) is 4.51. The Balaban J connectivity index is 1.24. The van der Waals surface area contributed by atoms with E-state index >= 15 is 0 Å². The van der Waals surface area contributed by atoms with Gasteiger partial charge in [-0.2, -0.15) is 0 Å². The second kappa shape index (κ2) is 7.54. The van der Waals surface area contributed by atoms with Crippen LogP contribution < -0.4 is 5.32 Å². The van der Waals surface area contributed by atoms with Crippen LogP contribution in [-0.4, -0.2) is 4.57 Å². The number of hydrogen-bond donors (Lipinski definition) is 1. The maximum absolute atomic E-state index is 3.64. The number of fused-ring (bicyclic) bond motifs is 3. The van der Waals surface area contributed by atoms with Crippen molar-refractivity contribution in [1.82, 2.24) is 4.57 Å². The van der Waals surface area contributed by atoms with E-state index < -0.39 is 0 Å². The molecule has 3 aromatic carbocycles. The van der Waals surface area contributed by atoms with E-state index in [4.69, 9.17) is 0 Å². The quantitative estimate of drug-likeness (QED) is 0.298. The van der Waals surface area contributed by atoms with Crippen LogP contribution in [0.4, 0.5) is 11.4 Å². The summed E-state index contributed by atoms with van der Waals surface area (Å²) in [5.41, 5.74) is 11.8. The molecule has 1 N–H and O–H groups in total. The van der Waals surface area contributed by atoms with Gasteiger partial charge in [-0.15, -0.1) is 11.3 Å². The molecule has 156 valence electrons. The third-order valence-corrected chi connectivity index (χ3v) is 7.68. The fourth-order valence-corrected chi connectivity index (χ4v) is 5.80. The van der Waals surface area contributed by atoms with Gasteiger partial charge in [0, 0.05) is 29.5 Å². The number of nitrogens with one attached hydrogen (secondary N) is 1. The van der Waals surface area contributed by atoms with Gasteiger partial charge in [-0.1, -0.05) is 42.5 Å². The maximum Gasteiger partial charge on any atom is 0.0579 e. The number of aromatic nitrogens is 1. The first-order valence-corrected chi connectivity index (χ1v) is 11.8. The number of rotatable bonds is 4. The second-order valence-electron chi connectivity index (χ2n) is 8.47. The molecule has 2 nitrogen and oxygen atoms in total. The van der Waals surface area contributed by atoms with Crippen LogP contribution in [0, 0.1) is 6.92 Å². The molecule has 0 unspecified atom stereocenters. The molecular formula is C29H24N2S. The zero-order chi connectivity index (χ0) is 21.7. The van der Waals surface area contributed by atoms with Gasteiger partial charge in [0.15, 0.2) is 0 Å². The van der Waals surface area contributed by atoms with E-state index in [9.17, 15) is 0 Å². The van der Waals surface area contributed by atoms with Crippen LogP contribution in [0.5, 0.6) is 0 Å². The minimum absolute atomic E-state index is 1.02. The van der Waals surface area contributed by atoms with Crippen LogP contribution >= 0.6 is 11.3 Å². The summed E-state index contributed by atoms with van der Waals surface area (Å²) in [6.07, 6.45) is 3.11. The maximum atomic E-state index is 3.64. The standard InChI is InChI=1S/C29H24N2S/c1-19-25-18-21-6-3-4-7-23(21)24(25)13-14-26(19)30-22-11-9-20(10-12-22)28-15-16-29(32-28)27-8-5-17-31(27)2/h3-17,30H,18H2,1-2H3. The molecule has 0 saturated carbocycles. The summed E-state index contributed by atoms with van der Waals surface area (Å²) in [5, 5.41) is 3.64. The molecule has 1 aliphatic carbocycles. The minimum Gasteiger partial charge on any atom is -0.355 e. The van der Waals surface area contributed by atoms with Crippen molar-refractivity contribution >= 4 is 22.7 Å². The zero-order valence-corrected chi connectivity index (χ0v) is 19.0. The lowest BCUT2D eigenvalue weighted by atomic mass is 10.0. The SMILES string of the molecule is Cc1c(Nc2ccc(-c3ccc(-c4cccn4C)s3)cc2)ccc2c1Cc1ccccc1-2. The highest BCUT2D eigenvalue weighted by molar-refractivity contribution is 7.18. The fraction of sp³-hybridized carbons (Fsp3) is 0.103. The van der Waals surface area contributed by atoms with Crippen LogP contribution in [0.25, 0.3) is 32.1 Å². The van der Waals surface area contributed by atoms with E-state index in [0.717, 1.165) is 12.1 Å². The first-order chi connectivity index (χ1) is 15.7. The minimum atomic E-state index is 1.02. The monoisotopic (exact) mass is 432 g/mol. The van der Waals surface area contributed by atoms with E-state index in [-0.39, 0.29) is 0 Å². The molecular weight excluding hydrogens is 408 g/mol. The lowest BCUT2D eigenvalue weighted by molar-refractivity contribution is 0.940. The van der Waals surface area contributed by atoms with Crippen molar-refractivity contribution in [3.05, 3.63) is 108 Å². The second-order valence-corrected chi connectivity index (χ2v) is 9.55. The number of anilines is 2. The highest BCUT2D eigenvalue weighted by Crippen LogP contribution is 2.41. The van der Waals surface area contributed by atoms with Gasteiger partial charge < -0.3 is 9.88 Å². The van der Waals surface area contributed by atoms with E-state index in [0.29, 0.717) is 0 Å². The van der Waals surface area contributed by atoms with E-state index in [1.54, 1.807) is 0 Å². The first-order valence-electron chi connectivity index (χ1n) is 11.0. The van der Waals surface area contributed by atoms with Crippen LogP contribution in [0.15, 0.2) is 91.1 Å². The highest BCUT2D eigenvalue weighted by Gasteiger charge is 2.20. The van der Waals surface area contributed by atoms with Gasteiger partial charge in [0.2, 0.25) is 0 Å². The molecule has 32 heavy (non-hydrogen) atoms. The Bertz CT molecular complexity index is 1440. The Morgan fingerprint density at radius 3 is 2.41 bits per heavy atom. The predicted octanol–water partition coefficient (Wildman–Crippen LogP) is 8.04. The van der Waals surface area contributed by atoms with Crippen molar-refractivity contribution in [2.75, 3.05) is 5.32 Å². The molecule has 3 heteroatoms. The lowest BCUT2D eigenvalue weighted by Gasteiger charge is -2.14. The van der Waals surface area contributed by atoms with Crippen molar-refractivity contribution in [3.8, 4) is 32.1 Å². The predicted molar refractivity (Wildman–Crippen MR) is 137 cm³/mol. The molecule has 2 aromatic heterocycles. The summed E-state index contributed by atoms with van der Waals surface area (Å²) < 4.78 is 2.17. The number of aryl methyl sites for hydroxylation is 1. The smallest absolute Gasteiger partial charge is 0.0579 e. The Hall–Kier alpha value is -3.56. The molecule has 0 spiro atoms. The zero-order valence-electron chi connectivity index (χ0n) is 18.2. The van der Waals surface area contributed by atoms with Crippen LogP contribution in [-0.2, 0) is 13.5 Å². The molecule has 0 atom stereocenters. The molecule has 2 heterocycles. The summed E-state index contributed by atoms with van der Waals surface area (Å²) in [7, 11) is 2.09. The largest absolute Gasteiger partial charge is 0.355 e.